The third-order valence-electron chi connectivity index (χ3n) is 2.84. The lowest BCUT2D eigenvalue weighted by Gasteiger charge is -2.12. The van der Waals surface area contributed by atoms with Crippen LogP contribution < -0.4 is 0 Å². The number of aryl methyl sites for hydroxylation is 1. The molecule has 0 aliphatic heterocycles. The first-order valence-electron chi connectivity index (χ1n) is 6.48. The minimum atomic E-state index is -0.390. The predicted molar refractivity (Wildman–Crippen MR) is 66.2 cm³/mol. The molecule has 1 atom stereocenters. The summed E-state index contributed by atoms with van der Waals surface area (Å²) in [7, 11) is 0. The number of unbranched alkanes of at least 4 members (excludes halogenated alkanes) is 3. The van der Waals surface area contributed by atoms with Crippen molar-refractivity contribution in [3.63, 3.8) is 0 Å². The molecule has 1 aromatic heterocycles. The zero-order valence-electron chi connectivity index (χ0n) is 10.5. The van der Waals surface area contributed by atoms with Gasteiger partial charge < -0.3 is 9.67 Å². The number of hydrogen-bond acceptors (Lipinski definition) is 2. The second-order valence-corrected chi connectivity index (χ2v) is 4.34. The van der Waals surface area contributed by atoms with Crippen LogP contribution in [-0.4, -0.2) is 14.7 Å². The molecule has 0 fully saturated rings. The second-order valence-electron chi connectivity index (χ2n) is 4.34. The van der Waals surface area contributed by atoms with Crippen LogP contribution in [0, 0.1) is 0 Å². The molecule has 92 valence electrons. The summed E-state index contributed by atoms with van der Waals surface area (Å²) in [5.74, 6) is 0.832. The number of aromatic nitrogens is 2. The van der Waals surface area contributed by atoms with Gasteiger partial charge in [-0.05, 0) is 12.8 Å². The molecule has 0 bridgehead atoms. The van der Waals surface area contributed by atoms with E-state index in [1.165, 1.54) is 19.3 Å². The standard InChI is InChI=1S/C13H24N2O/c1-3-5-6-7-8-12(16)13-14-9-11-15(13)10-4-2/h9,11-12,16H,3-8,10H2,1-2H3. The van der Waals surface area contributed by atoms with Crippen LogP contribution in [0.2, 0.25) is 0 Å². The summed E-state index contributed by atoms with van der Waals surface area (Å²) >= 11 is 0. The highest BCUT2D eigenvalue weighted by molar-refractivity contribution is 4.96. The lowest BCUT2D eigenvalue weighted by Crippen LogP contribution is -2.08. The van der Waals surface area contributed by atoms with E-state index in [1.54, 1.807) is 6.20 Å². The van der Waals surface area contributed by atoms with Gasteiger partial charge in [-0.15, -0.1) is 0 Å². The van der Waals surface area contributed by atoms with E-state index in [0.29, 0.717) is 0 Å². The van der Waals surface area contributed by atoms with Gasteiger partial charge in [0, 0.05) is 18.9 Å². The van der Waals surface area contributed by atoms with Gasteiger partial charge in [-0.25, -0.2) is 4.98 Å². The molecule has 1 N–H and O–H groups in total. The van der Waals surface area contributed by atoms with Gasteiger partial charge in [-0.1, -0.05) is 39.5 Å². The normalized spacial score (nSPS) is 12.9. The number of hydrogen-bond donors (Lipinski definition) is 1. The molecule has 3 heteroatoms. The second kappa shape index (κ2) is 7.44. The lowest BCUT2D eigenvalue weighted by atomic mass is 10.1. The Hall–Kier alpha value is -0.830. The van der Waals surface area contributed by atoms with Crippen molar-refractivity contribution in [3.8, 4) is 0 Å². The van der Waals surface area contributed by atoms with Gasteiger partial charge in [0.15, 0.2) is 0 Å². The molecule has 0 aliphatic carbocycles. The van der Waals surface area contributed by atoms with Crippen molar-refractivity contribution >= 4 is 0 Å². The molecule has 16 heavy (non-hydrogen) atoms. The molecular formula is C13H24N2O. The first-order valence-corrected chi connectivity index (χ1v) is 6.48. The number of nitrogens with zero attached hydrogens (tertiary/aromatic N) is 2. The highest BCUT2D eigenvalue weighted by Crippen LogP contribution is 2.18. The van der Waals surface area contributed by atoms with E-state index in [2.05, 4.69) is 23.4 Å². The molecule has 0 radical (unpaired) electrons. The highest BCUT2D eigenvalue weighted by atomic mass is 16.3. The fraction of sp³-hybridized carbons (Fsp3) is 0.769. The Balaban J connectivity index is 2.39. The van der Waals surface area contributed by atoms with Crippen LogP contribution in [0.4, 0.5) is 0 Å². The zero-order chi connectivity index (χ0) is 11.8. The molecular weight excluding hydrogens is 200 g/mol. The van der Waals surface area contributed by atoms with Crippen molar-refractivity contribution < 1.29 is 5.11 Å². The fourth-order valence-corrected chi connectivity index (χ4v) is 1.94. The summed E-state index contributed by atoms with van der Waals surface area (Å²) < 4.78 is 2.06. The highest BCUT2D eigenvalue weighted by Gasteiger charge is 2.12. The molecule has 0 amide bonds. The van der Waals surface area contributed by atoms with Gasteiger partial charge in [0.2, 0.25) is 0 Å². The van der Waals surface area contributed by atoms with Gasteiger partial charge >= 0.3 is 0 Å². The van der Waals surface area contributed by atoms with Crippen molar-refractivity contribution in [1.82, 2.24) is 9.55 Å². The van der Waals surface area contributed by atoms with Gasteiger partial charge in [0.25, 0.3) is 0 Å². The predicted octanol–water partition coefficient (Wildman–Crippen LogP) is 3.30. The number of aliphatic hydroxyl groups is 1. The minimum absolute atomic E-state index is 0.390. The largest absolute Gasteiger partial charge is 0.385 e. The topological polar surface area (TPSA) is 38.1 Å². The van der Waals surface area contributed by atoms with Gasteiger partial charge in [-0.2, -0.15) is 0 Å². The van der Waals surface area contributed by atoms with Crippen molar-refractivity contribution in [2.24, 2.45) is 0 Å². The SMILES string of the molecule is CCCCCCC(O)c1nccn1CCC. The van der Waals surface area contributed by atoms with Crippen molar-refractivity contribution in [2.75, 3.05) is 0 Å². The lowest BCUT2D eigenvalue weighted by molar-refractivity contribution is 0.149. The summed E-state index contributed by atoms with van der Waals surface area (Å²) in [5, 5.41) is 10.0. The molecule has 0 aliphatic rings. The summed E-state index contributed by atoms with van der Waals surface area (Å²) in [4.78, 5) is 4.25. The Labute approximate surface area is 98.5 Å². The maximum absolute atomic E-state index is 10.0. The Bertz CT molecular complexity index is 283. The van der Waals surface area contributed by atoms with Crippen molar-refractivity contribution in [1.29, 1.82) is 0 Å². The van der Waals surface area contributed by atoms with E-state index < -0.39 is 6.10 Å². The summed E-state index contributed by atoms with van der Waals surface area (Å²) in [5.41, 5.74) is 0. The van der Waals surface area contributed by atoms with Crippen LogP contribution in [0.5, 0.6) is 0 Å². The first kappa shape index (κ1) is 13.2. The van der Waals surface area contributed by atoms with Crippen LogP contribution in [0.3, 0.4) is 0 Å². The summed E-state index contributed by atoms with van der Waals surface area (Å²) in [6.07, 6.45) is 10.0. The monoisotopic (exact) mass is 224 g/mol. The van der Waals surface area contributed by atoms with E-state index in [-0.39, 0.29) is 0 Å². The van der Waals surface area contributed by atoms with Crippen LogP contribution in [-0.2, 0) is 6.54 Å². The zero-order valence-corrected chi connectivity index (χ0v) is 10.5. The fourth-order valence-electron chi connectivity index (χ4n) is 1.94. The molecule has 3 nitrogen and oxygen atoms in total. The molecule has 1 rings (SSSR count). The van der Waals surface area contributed by atoms with Crippen LogP contribution in [0.1, 0.15) is 64.3 Å². The smallest absolute Gasteiger partial charge is 0.137 e. The third-order valence-corrected chi connectivity index (χ3v) is 2.84. The minimum Gasteiger partial charge on any atom is -0.385 e. The average molecular weight is 224 g/mol. The quantitative estimate of drug-likeness (QED) is 0.688. The molecule has 1 unspecified atom stereocenters. The Morgan fingerprint density at radius 1 is 1.25 bits per heavy atom. The Morgan fingerprint density at radius 3 is 2.75 bits per heavy atom. The summed E-state index contributed by atoms with van der Waals surface area (Å²) in [6.45, 7) is 5.28. The molecule has 0 saturated carbocycles. The molecule has 0 aromatic carbocycles. The molecule has 1 heterocycles. The summed E-state index contributed by atoms with van der Waals surface area (Å²) in [6, 6.07) is 0. The van der Waals surface area contributed by atoms with E-state index >= 15 is 0 Å². The van der Waals surface area contributed by atoms with E-state index in [1.807, 2.05) is 6.20 Å². The van der Waals surface area contributed by atoms with Crippen LogP contribution in [0.15, 0.2) is 12.4 Å². The third kappa shape index (κ3) is 3.97. The first-order chi connectivity index (χ1) is 7.79. The molecule has 1 aromatic rings. The van der Waals surface area contributed by atoms with Gasteiger partial charge in [0.1, 0.15) is 11.9 Å². The van der Waals surface area contributed by atoms with E-state index in [0.717, 1.165) is 31.6 Å². The maximum atomic E-state index is 10.0. The van der Waals surface area contributed by atoms with Crippen LogP contribution in [0.25, 0.3) is 0 Å². The average Bonchev–Trinajstić information content (AvgIpc) is 2.73. The van der Waals surface area contributed by atoms with Gasteiger partial charge in [0.05, 0.1) is 0 Å². The Morgan fingerprint density at radius 2 is 2.06 bits per heavy atom. The van der Waals surface area contributed by atoms with Crippen molar-refractivity contribution in [3.05, 3.63) is 18.2 Å². The number of imidazole rings is 1. The maximum Gasteiger partial charge on any atom is 0.137 e. The number of rotatable bonds is 8. The van der Waals surface area contributed by atoms with E-state index in [4.69, 9.17) is 0 Å². The number of aliphatic hydroxyl groups excluding tert-OH is 1. The molecule has 0 spiro atoms. The Kier molecular flexibility index (Phi) is 6.16. The van der Waals surface area contributed by atoms with E-state index in [9.17, 15) is 5.11 Å². The van der Waals surface area contributed by atoms with Crippen molar-refractivity contribution in [2.45, 2.75) is 65.0 Å². The van der Waals surface area contributed by atoms with Gasteiger partial charge in [-0.3, -0.25) is 0 Å². The molecule has 0 saturated heterocycles. The van der Waals surface area contributed by atoms with Crippen LogP contribution >= 0.6 is 0 Å².